The average Bonchev–Trinajstić information content (AvgIpc) is 3.01. The van der Waals surface area contributed by atoms with Gasteiger partial charge >= 0.3 is 5.97 Å². The normalized spacial score (nSPS) is 13.2. The third-order valence-electron chi connectivity index (χ3n) is 7.36. The summed E-state index contributed by atoms with van der Waals surface area (Å²) < 4.78 is 0. The number of carbonyl (C=O) groups is 1. The first-order valence-corrected chi connectivity index (χ1v) is 14.2. The molecule has 5 rings (SSSR count). The minimum atomic E-state index is -0.877. The van der Waals surface area contributed by atoms with E-state index < -0.39 is 12.0 Å². The highest BCUT2D eigenvalue weighted by molar-refractivity contribution is 5.81. The molecule has 0 saturated carbocycles. The van der Waals surface area contributed by atoms with Crippen molar-refractivity contribution in [1.82, 2.24) is 19.9 Å². The lowest BCUT2D eigenvalue weighted by molar-refractivity contribution is -0.138. The van der Waals surface area contributed by atoms with Crippen LogP contribution < -0.4 is 10.2 Å². The van der Waals surface area contributed by atoms with Gasteiger partial charge in [0.05, 0.1) is 0 Å². The zero-order chi connectivity index (χ0) is 27.6. The number of rotatable bonds is 13. The molecule has 0 bridgehead atoms. The predicted octanol–water partition coefficient (Wildman–Crippen LogP) is 6.47. The molecule has 206 valence electrons. The molecule has 1 atom stereocenters. The number of benzene rings is 1. The Kier molecular flexibility index (Phi) is 9.29. The van der Waals surface area contributed by atoms with Crippen molar-refractivity contribution in [3.8, 4) is 11.1 Å². The maximum Gasteiger partial charge on any atom is 0.326 e. The molecule has 4 heterocycles. The van der Waals surface area contributed by atoms with Gasteiger partial charge in [0.1, 0.15) is 11.9 Å². The number of unbranched alkanes of at least 4 members (excludes halogenated alkanes) is 4. The highest BCUT2D eigenvalue weighted by atomic mass is 16.4. The van der Waals surface area contributed by atoms with E-state index in [4.69, 9.17) is 4.98 Å². The van der Waals surface area contributed by atoms with E-state index in [-0.39, 0.29) is 0 Å². The molecule has 4 aromatic rings. The van der Waals surface area contributed by atoms with Gasteiger partial charge in [0.25, 0.3) is 0 Å². The summed E-state index contributed by atoms with van der Waals surface area (Å²) in [6.07, 6.45) is 15.7. The second-order valence-electron chi connectivity index (χ2n) is 10.2. The number of anilines is 3. The van der Waals surface area contributed by atoms with Crippen molar-refractivity contribution in [3.63, 3.8) is 0 Å². The summed E-state index contributed by atoms with van der Waals surface area (Å²) in [6.45, 7) is 1.01. The summed E-state index contributed by atoms with van der Waals surface area (Å²) in [7, 11) is 0. The number of aryl methyl sites for hydroxylation is 2. The standard InChI is InChI=1S/C32H36N6O2/c39-31(40)29(14-8-3-1-2-5-11-27-16-15-25-10-9-19-34-30(25)37-27)38(28-12-6-4-7-13-28)32-35-22-26(23-36-32)24-17-20-33-21-18-24/h4,6-7,12-13,15-18,20-23,29H,1-3,5,8-11,14,19H2,(H,34,37)(H,39,40). The van der Waals surface area contributed by atoms with Crippen molar-refractivity contribution in [2.45, 2.75) is 63.8 Å². The van der Waals surface area contributed by atoms with E-state index in [0.717, 1.165) is 79.8 Å². The number of aromatic nitrogens is 4. The molecule has 0 fully saturated rings. The predicted molar refractivity (Wildman–Crippen MR) is 158 cm³/mol. The Morgan fingerprint density at radius 3 is 2.42 bits per heavy atom. The number of aliphatic carboxylic acids is 1. The van der Waals surface area contributed by atoms with E-state index in [0.29, 0.717) is 12.4 Å². The molecule has 8 nitrogen and oxygen atoms in total. The number of nitrogens with zero attached hydrogens (tertiary/aromatic N) is 5. The zero-order valence-electron chi connectivity index (χ0n) is 22.7. The fourth-order valence-electron chi connectivity index (χ4n) is 5.21. The smallest absolute Gasteiger partial charge is 0.326 e. The van der Waals surface area contributed by atoms with Gasteiger partial charge < -0.3 is 10.4 Å². The van der Waals surface area contributed by atoms with Crippen LogP contribution in [0.4, 0.5) is 17.5 Å². The molecule has 1 aliphatic rings. The van der Waals surface area contributed by atoms with Gasteiger partial charge in [-0.2, -0.15) is 0 Å². The third kappa shape index (κ3) is 7.00. The molecule has 3 aromatic heterocycles. The van der Waals surface area contributed by atoms with Gasteiger partial charge in [0.2, 0.25) is 5.95 Å². The Labute approximate surface area is 235 Å². The van der Waals surface area contributed by atoms with Crippen molar-refractivity contribution in [3.05, 3.63) is 90.6 Å². The van der Waals surface area contributed by atoms with Crippen molar-refractivity contribution in [2.24, 2.45) is 0 Å². The Morgan fingerprint density at radius 1 is 0.900 bits per heavy atom. The van der Waals surface area contributed by atoms with E-state index in [1.165, 1.54) is 12.0 Å². The highest BCUT2D eigenvalue weighted by Crippen LogP contribution is 2.29. The summed E-state index contributed by atoms with van der Waals surface area (Å²) in [5.74, 6) is 0.559. The number of fused-ring (bicyclic) bond motifs is 1. The first-order chi connectivity index (χ1) is 19.7. The summed E-state index contributed by atoms with van der Waals surface area (Å²) in [4.78, 5) is 32.2. The summed E-state index contributed by atoms with van der Waals surface area (Å²) >= 11 is 0. The van der Waals surface area contributed by atoms with Gasteiger partial charge in [-0.15, -0.1) is 0 Å². The lowest BCUT2D eigenvalue weighted by atomic mass is 10.0. The van der Waals surface area contributed by atoms with Crippen LogP contribution >= 0.6 is 0 Å². The number of carboxylic acid groups (broad SMARTS) is 1. The van der Waals surface area contributed by atoms with E-state index in [2.05, 4.69) is 32.4 Å². The summed E-state index contributed by atoms with van der Waals surface area (Å²) in [5.41, 5.74) is 5.04. The lowest BCUT2D eigenvalue weighted by Gasteiger charge is -2.29. The van der Waals surface area contributed by atoms with Crippen molar-refractivity contribution in [2.75, 3.05) is 16.8 Å². The van der Waals surface area contributed by atoms with Crippen molar-refractivity contribution >= 4 is 23.4 Å². The Balaban J connectivity index is 1.17. The Hall–Kier alpha value is -4.33. The van der Waals surface area contributed by atoms with Crippen molar-refractivity contribution < 1.29 is 9.90 Å². The van der Waals surface area contributed by atoms with Gasteiger partial charge in [-0.25, -0.2) is 19.7 Å². The monoisotopic (exact) mass is 536 g/mol. The van der Waals surface area contributed by atoms with Crippen LogP contribution in [0.15, 0.2) is 79.4 Å². The van der Waals surface area contributed by atoms with Crippen molar-refractivity contribution in [1.29, 1.82) is 0 Å². The molecule has 0 saturated heterocycles. The van der Waals surface area contributed by atoms with Gasteiger partial charge in [-0.1, -0.05) is 49.9 Å². The molecule has 1 aromatic carbocycles. The summed E-state index contributed by atoms with van der Waals surface area (Å²) in [6, 6.07) is 16.9. The van der Waals surface area contributed by atoms with E-state index in [9.17, 15) is 9.90 Å². The fraction of sp³-hybridized carbons (Fsp3) is 0.344. The van der Waals surface area contributed by atoms with Crippen LogP contribution in [0, 0.1) is 0 Å². The average molecular weight is 537 g/mol. The molecular formula is C32H36N6O2. The molecule has 0 amide bonds. The second-order valence-corrected chi connectivity index (χ2v) is 10.2. The number of para-hydroxylation sites is 1. The quantitative estimate of drug-likeness (QED) is 0.188. The number of carboxylic acids is 1. The molecule has 0 radical (unpaired) electrons. The molecule has 0 aliphatic carbocycles. The van der Waals surface area contributed by atoms with Crippen LogP contribution in [0.1, 0.15) is 56.2 Å². The Bertz CT molecular complexity index is 1370. The Morgan fingerprint density at radius 2 is 1.65 bits per heavy atom. The highest BCUT2D eigenvalue weighted by Gasteiger charge is 2.29. The summed E-state index contributed by atoms with van der Waals surface area (Å²) in [5, 5.41) is 13.6. The van der Waals surface area contributed by atoms with Crippen LogP contribution in [0.5, 0.6) is 0 Å². The first-order valence-electron chi connectivity index (χ1n) is 14.2. The lowest BCUT2D eigenvalue weighted by Crippen LogP contribution is -2.39. The van der Waals surface area contributed by atoms with E-state index in [1.54, 1.807) is 29.7 Å². The van der Waals surface area contributed by atoms with Gasteiger partial charge in [0.15, 0.2) is 0 Å². The fourth-order valence-corrected chi connectivity index (χ4v) is 5.21. The van der Waals surface area contributed by atoms with Crippen LogP contribution in [0.25, 0.3) is 11.1 Å². The van der Waals surface area contributed by atoms with Crippen LogP contribution in [-0.4, -0.2) is 43.6 Å². The maximum absolute atomic E-state index is 12.5. The molecule has 8 heteroatoms. The molecule has 40 heavy (non-hydrogen) atoms. The molecule has 1 unspecified atom stereocenters. The van der Waals surface area contributed by atoms with Gasteiger partial charge in [-0.3, -0.25) is 9.88 Å². The largest absolute Gasteiger partial charge is 0.480 e. The molecule has 2 N–H and O–H groups in total. The third-order valence-corrected chi connectivity index (χ3v) is 7.36. The minimum absolute atomic E-state index is 0.378. The molecule has 1 aliphatic heterocycles. The van der Waals surface area contributed by atoms with Crippen LogP contribution in [0.2, 0.25) is 0 Å². The minimum Gasteiger partial charge on any atom is -0.480 e. The number of nitrogens with one attached hydrogen (secondary N) is 1. The van der Waals surface area contributed by atoms with Crippen LogP contribution in [0.3, 0.4) is 0 Å². The van der Waals surface area contributed by atoms with E-state index >= 15 is 0 Å². The van der Waals surface area contributed by atoms with Gasteiger partial charge in [0, 0.05) is 48.3 Å². The first kappa shape index (κ1) is 27.2. The van der Waals surface area contributed by atoms with Crippen LogP contribution in [-0.2, 0) is 17.6 Å². The van der Waals surface area contributed by atoms with Gasteiger partial charge in [-0.05, 0) is 73.6 Å². The number of hydrogen-bond donors (Lipinski definition) is 2. The second kappa shape index (κ2) is 13.6. The number of hydrogen-bond acceptors (Lipinski definition) is 7. The van der Waals surface area contributed by atoms with E-state index in [1.807, 2.05) is 42.5 Å². The SMILES string of the molecule is O=C(O)C(CCCCCCCc1ccc2c(n1)NCCC2)N(c1ccccc1)c1ncc(-c2ccncc2)cn1. The topological polar surface area (TPSA) is 104 Å². The molecule has 0 spiro atoms. The zero-order valence-corrected chi connectivity index (χ0v) is 22.7. The maximum atomic E-state index is 12.5. The number of pyridine rings is 2. The molecular weight excluding hydrogens is 500 g/mol.